The second kappa shape index (κ2) is 6.71. The monoisotopic (exact) mass is 395 g/mol. The number of hydrogen-bond acceptors (Lipinski definition) is 3. The number of hydrogen-bond donors (Lipinski definition) is 0. The quantitative estimate of drug-likeness (QED) is 0.720. The van der Waals surface area contributed by atoms with Crippen LogP contribution in [0.25, 0.3) is 0 Å². The number of piperidine rings is 1. The van der Waals surface area contributed by atoms with Crippen molar-refractivity contribution in [1.29, 1.82) is 0 Å². The molecule has 0 aliphatic carbocycles. The number of allylic oxidation sites excluding steroid dienone is 1. The molecule has 6 rings (SSSR count). The third-order valence-electron chi connectivity index (χ3n) is 6.54. The number of aliphatic imine (C=N–C) groups is 1. The van der Waals surface area contributed by atoms with E-state index in [1.54, 1.807) is 0 Å². The van der Waals surface area contributed by atoms with Gasteiger partial charge < -0.3 is 4.90 Å². The molecule has 4 heterocycles. The first-order chi connectivity index (χ1) is 13.6. The van der Waals surface area contributed by atoms with E-state index >= 15 is 0 Å². The van der Waals surface area contributed by atoms with Crippen molar-refractivity contribution in [1.82, 2.24) is 9.80 Å². The van der Waals surface area contributed by atoms with Crippen LogP contribution in [-0.2, 0) is 12.0 Å². The Morgan fingerprint density at radius 1 is 1.14 bits per heavy atom. The van der Waals surface area contributed by atoms with E-state index in [1.165, 1.54) is 22.8 Å². The zero-order valence-electron chi connectivity index (χ0n) is 15.9. The number of halogens is 2. The lowest BCUT2D eigenvalue weighted by Crippen LogP contribution is -2.39. The van der Waals surface area contributed by atoms with Crippen LogP contribution in [0.1, 0.15) is 41.3 Å². The first kappa shape index (κ1) is 17.9. The second-order valence-electron chi connectivity index (χ2n) is 8.08. The molecule has 28 heavy (non-hydrogen) atoms. The fourth-order valence-electron chi connectivity index (χ4n) is 5.03. The molecular weight excluding hydrogens is 373 g/mol. The van der Waals surface area contributed by atoms with E-state index in [-0.39, 0.29) is 22.4 Å². The van der Waals surface area contributed by atoms with Crippen LogP contribution < -0.4 is 0 Å². The predicted molar refractivity (Wildman–Crippen MR) is 111 cm³/mol. The smallest absolute Gasteiger partial charge is 0.146 e. The fourth-order valence-corrected chi connectivity index (χ4v) is 5.21. The molecule has 0 saturated carbocycles. The van der Waals surface area contributed by atoms with Gasteiger partial charge in [0.15, 0.2) is 0 Å². The molecule has 1 fully saturated rings. The summed E-state index contributed by atoms with van der Waals surface area (Å²) in [6, 6.07) is 12.1. The van der Waals surface area contributed by atoms with E-state index < -0.39 is 0 Å². The van der Waals surface area contributed by atoms with Gasteiger partial charge in [0, 0.05) is 31.4 Å². The minimum Gasteiger partial charge on any atom is -0.355 e. The van der Waals surface area contributed by atoms with Crippen molar-refractivity contribution in [2.75, 3.05) is 20.1 Å². The highest BCUT2D eigenvalue weighted by molar-refractivity contribution is 6.30. The minimum absolute atomic E-state index is 0.0161. The summed E-state index contributed by atoms with van der Waals surface area (Å²) >= 11 is 6.16. The van der Waals surface area contributed by atoms with Crippen molar-refractivity contribution in [3.05, 3.63) is 81.8 Å². The molecule has 4 aliphatic rings. The van der Waals surface area contributed by atoms with Gasteiger partial charge in [-0.15, -0.1) is 0 Å². The largest absolute Gasteiger partial charge is 0.355 e. The van der Waals surface area contributed by atoms with Gasteiger partial charge in [0.05, 0.1) is 5.02 Å². The summed E-state index contributed by atoms with van der Waals surface area (Å²) in [5, 5.41) is 0.210. The summed E-state index contributed by atoms with van der Waals surface area (Å²) in [7, 11) is 2.05. The molecule has 1 atom stereocenters. The summed E-state index contributed by atoms with van der Waals surface area (Å²) in [6.07, 6.45) is 7.96. The van der Waals surface area contributed by atoms with E-state index in [0.29, 0.717) is 0 Å². The van der Waals surface area contributed by atoms with E-state index in [1.807, 2.05) is 24.4 Å². The maximum Gasteiger partial charge on any atom is 0.146 e. The third kappa shape index (κ3) is 2.78. The molecule has 144 valence electrons. The Balaban J connectivity index is 1.63. The van der Waals surface area contributed by atoms with Gasteiger partial charge in [0.1, 0.15) is 12.0 Å². The molecule has 2 bridgehead atoms. The molecule has 2 aromatic rings. The summed E-state index contributed by atoms with van der Waals surface area (Å²) in [4.78, 5) is 9.29. The van der Waals surface area contributed by atoms with Crippen molar-refractivity contribution >= 4 is 17.8 Å². The fraction of sp³-hybridized carbons (Fsp3) is 0.348. The van der Waals surface area contributed by atoms with Gasteiger partial charge in [-0.1, -0.05) is 35.9 Å². The number of benzene rings is 2. The van der Waals surface area contributed by atoms with Gasteiger partial charge in [0.25, 0.3) is 0 Å². The van der Waals surface area contributed by atoms with Crippen LogP contribution in [0.5, 0.6) is 0 Å². The van der Waals surface area contributed by atoms with Crippen LogP contribution >= 0.6 is 11.6 Å². The molecule has 5 heteroatoms. The number of rotatable bonds is 2. The molecule has 1 saturated heterocycles. The Bertz CT molecular complexity index is 976. The zero-order chi connectivity index (χ0) is 19.3. The molecule has 4 aliphatic heterocycles. The van der Waals surface area contributed by atoms with Crippen LogP contribution in [0.4, 0.5) is 4.39 Å². The van der Waals surface area contributed by atoms with Crippen molar-refractivity contribution in [3.8, 4) is 0 Å². The van der Waals surface area contributed by atoms with Crippen molar-refractivity contribution in [2.45, 2.75) is 31.0 Å². The molecule has 1 unspecified atom stereocenters. The van der Waals surface area contributed by atoms with Gasteiger partial charge in [-0.25, -0.2) is 4.39 Å². The molecular formula is C23H23ClFN3. The SMILES string of the molecule is CN1C=CC=NC1c1ccc2c(c1)CN1CCC2(c2ccc(F)c(Cl)c2)CC1. The molecule has 0 N–H and O–H groups in total. The highest BCUT2D eigenvalue weighted by Crippen LogP contribution is 2.47. The van der Waals surface area contributed by atoms with Gasteiger partial charge >= 0.3 is 0 Å². The molecule has 3 nitrogen and oxygen atoms in total. The molecule has 2 aromatic carbocycles. The maximum absolute atomic E-state index is 13.8. The summed E-state index contributed by atoms with van der Waals surface area (Å²) in [5.41, 5.74) is 4.95. The van der Waals surface area contributed by atoms with E-state index in [2.05, 4.69) is 46.2 Å². The second-order valence-corrected chi connectivity index (χ2v) is 8.49. The van der Waals surface area contributed by atoms with Crippen LogP contribution in [0, 0.1) is 5.82 Å². The van der Waals surface area contributed by atoms with E-state index in [0.717, 1.165) is 38.0 Å². The van der Waals surface area contributed by atoms with Crippen LogP contribution in [0.15, 0.2) is 53.7 Å². The van der Waals surface area contributed by atoms with Gasteiger partial charge in [-0.2, -0.15) is 0 Å². The zero-order valence-corrected chi connectivity index (χ0v) is 16.7. The molecule has 0 radical (unpaired) electrons. The minimum atomic E-state index is -0.352. The standard InChI is InChI=1S/C23H23ClFN3/c1-27-10-2-9-26-22(27)16-3-5-19-17(13-16)15-28-11-7-23(19,8-12-28)18-4-6-21(25)20(24)14-18/h2-6,9-10,13-14,22H,7-8,11-12,15H2,1H3. The average Bonchev–Trinajstić information content (AvgIpc) is 2.96. The first-order valence-electron chi connectivity index (χ1n) is 9.80. The van der Waals surface area contributed by atoms with Crippen molar-refractivity contribution in [2.24, 2.45) is 4.99 Å². The van der Waals surface area contributed by atoms with E-state index in [9.17, 15) is 4.39 Å². The lowest BCUT2D eigenvalue weighted by atomic mass is 9.68. The van der Waals surface area contributed by atoms with Crippen molar-refractivity contribution < 1.29 is 4.39 Å². The normalized spacial score (nSPS) is 28.3. The maximum atomic E-state index is 13.8. The molecule has 0 amide bonds. The number of nitrogens with zero attached hydrogens (tertiary/aromatic N) is 3. The Morgan fingerprint density at radius 3 is 2.71 bits per heavy atom. The topological polar surface area (TPSA) is 18.8 Å². The lowest BCUT2D eigenvalue weighted by Gasteiger charge is -2.39. The van der Waals surface area contributed by atoms with Crippen LogP contribution in [-0.4, -0.2) is 36.2 Å². The Morgan fingerprint density at radius 2 is 1.96 bits per heavy atom. The Hall–Kier alpha value is -2.17. The van der Waals surface area contributed by atoms with E-state index in [4.69, 9.17) is 11.6 Å². The van der Waals surface area contributed by atoms with Gasteiger partial charge in [0.2, 0.25) is 0 Å². The van der Waals surface area contributed by atoms with Crippen LogP contribution in [0.3, 0.4) is 0 Å². The van der Waals surface area contributed by atoms with Gasteiger partial charge in [-0.05, 0) is 66.4 Å². The van der Waals surface area contributed by atoms with Crippen LogP contribution in [0.2, 0.25) is 5.02 Å². The molecule has 0 spiro atoms. The Labute approximate surface area is 170 Å². The first-order valence-corrected chi connectivity index (χ1v) is 10.2. The highest BCUT2D eigenvalue weighted by atomic mass is 35.5. The summed E-state index contributed by atoms with van der Waals surface area (Å²) < 4.78 is 13.8. The number of fused-ring (bicyclic) bond motifs is 2. The Kier molecular flexibility index (Phi) is 4.29. The highest BCUT2D eigenvalue weighted by Gasteiger charge is 2.42. The summed E-state index contributed by atoms with van der Waals surface area (Å²) in [6.45, 7) is 3.04. The third-order valence-corrected chi connectivity index (χ3v) is 6.83. The lowest BCUT2D eigenvalue weighted by molar-refractivity contribution is 0.190. The van der Waals surface area contributed by atoms with Gasteiger partial charge in [-0.3, -0.25) is 9.89 Å². The van der Waals surface area contributed by atoms with Crippen molar-refractivity contribution in [3.63, 3.8) is 0 Å². The predicted octanol–water partition coefficient (Wildman–Crippen LogP) is 4.90. The summed E-state index contributed by atoms with van der Waals surface area (Å²) in [5.74, 6) is -0.352. The average molecular weight is 396 g/mol. The molecule has 0 aromatic heterocycles.